The number of rotatable bonds is 5. The van der Waals surface area contributed by atoms with Gasteiger partial charge in [-0.1, -0.05) is 144 Å². The average molecular weight is 622 g/mol. The number of aryl methyl sites for hydroxylation is 1. The van der Waals surface area contributed by atoms with Crippen LogP contribution in [-0.2, 0) is 0 Å². The van der Waals surface area contributed by atoms with Crippen molar-refractivity contribution < 1.29 is 0 Å². The second-order valence-corrected chi connectivity index (χ2v) is 9.63. The third kappa shape index (κ3) is 85.4. The Balaban J connectivity index is -0.0000000461. The molecular weight excluding hydrogens is 539 g/mol. The van der Waals surface area contributed by atoms with E-state index in [1.54, 1.807) is 13.0 Å². The maximum atomic E-state index is 5.50. The molecule has 1 unspecified atom stereocenters. The molecule has 0 radical (unpaired) electrons. The average Bonchev–Trinajstić information content (AvgIpc) is 3.01. The molecule has 0 saturated carbocycles. The molecule has 0 aliphatic heterocycles. The largest absolute Gasteiger partial charge is 0.317 e. The highest BCUT2D eigenvalue weighted by atomic mass is 32.1. The lowest BCUT2D eigenvalue weighted by molar-refractivity contribution is 0.429. The molecule has 1 atom stereocenters. The van der Waals surface area contributed by atoms with Crippen LogP contribution in [0, 0.1) is 36.5 Å². The highest BCUT2D eigenvalue weighted by Gasteiger charge is 2.00. The summed E-state index contributed by atoms with van der Waals surface area (Å²) in [6, 6.07) is 8.05. The molecule has 0 heterocycles. The fourth-order valence-electron chi connectivity index (χ4n) is 2.42. The zero-order valence-corrected chi connectivity index (χ0v) is 34.3. The van der Waals surface area contributed by atoms with Crippen LogP contribution in [-0.4, -0.2) is 6.72 Å². The first-order chi connectivity index (χ1) is 20.3. The molecular formula is C41H83NS. The molecule has 1 aromatic carbocycles. The van der Waals surface area contributed by atoms with E-state index in [1.165, 1.54) is 41.5 Å². The van der Waals surface area contributed by atoms with Crippen molar-refractivity contribution in [1.29, 1.82) is 5.41 Å². The molecule has 0 amide bonds. The Kier molecular flexibility index (Phi) is 101. The molecule has 43 heavy (non-hydrogen) atoms. The van der Waals surface area contributed by atoms with Crippen LogP contribution in [0.2, 0.25) is 0 Å². The normalized spacial score (nSPS) is 9.37. The fourth-order valence-corrected chi connectivity index (χ4v) is 2.71. The van der Waals surface area contributed by atoms with Crippen molar-refractivity contribution in [3.8, 4) is 12.3 Å². The van der Waals surface area contributed by atoms with Gasteiger partial charge >= 0.3 is 0 Å². The summed E-state index contributed by atoms with van der Waals surface area (Å²) < 4.78 is 0. The lowest BCUT2D eigenvalue weighted by Crippen LogP contribution is -1.97. The molecule has 0 saturated heterocycles. The fraction of sp³-hybridized carbons (Fsp3) is 0.634. The van der Waals surface area contributed by atoms with E-state index in [9.17, 15) is 0 Å². The summed E-state index contributed by atoms with van der Waals surface area (Å²) in [6.45, 7) is 47.7. The van der Waals surface area contributed by atoms with Gasteiger partial charge in [-0.2, -0.15) is 0 Å². The van der Waals surface area contributed by atoms with Crippen molar-refractivity contribution in [3.63, 3.8) is 0 Å². The van der Waals surface area contributed by atoms with Crippen LogP contribution in [0.3, 0.4) is 0 Å². The SMILES string of the molecule is C#CC.C/C=C(C)\C(C)=C(\C)CC.C=CC.C=N.CC.CC.CC.CCC.CCC(C)CC(C)C.Cc1cccc(S)c1. The Bertz CT molecular complexity index is 673. The Morgan fingerprint density at radius 2 is 1.28 bits per heavy atom. The molecule has 0 fully saturated rings. The third-order valence-electron chi connectivity index (χ3n) is 4.77. The maximum Gasteiger partial charge on any atom is 0.00426 e. The Labute approximate surface area is 282 Å². The van der Waals surface area contributed by atoms with Crippen LogP contribution in [0.25, 0.3) is 0 Å². The van der Waals surface area contributed by atoms with Crippen LogP contribution in [0.1, 0.15) is 163 Å². The summed E-state index contributed by atoms with van der Waals surface area (Å²) in [6.07, 6.45) is 13.6. The van der Waals surface area contributed by atoms with Crippen molar-refractivity contribution in [1.82, 2.24) is 0 Å². The van der Waals surface area contributed by atoms with Gasteiger partial charge in [0.1, 0.15) is 0 Å². The Hall–Kier alpha value is -1.98. The van der Waals surface area contributed by atoms with Crippen molar-refractivity contribution in [2.24, 2.45) is 11.8 Å². The van der Waals surface area contributed by atoms with Crippen molar-refractivity contribution in [2.75, 3.05) is 0 Å². The Morgan fingerprint density at radius 3 is 1.44 bits per heavy atom. The molecule has 0 bridgehead atoms. The second kappa shape index (κ2) is 67.6. The van der Waals surface area contributed by atoms with E-state index in [0.29, 0.717) is 0 Å². The number of hydrogen-bond donors (Lipinski definition) is 2. The lowest BCUT2D eigenvalue weighted by Gasteiger charge is -2.09. The molecule has 1 N–H and O–H groups in total. The van der Waals surface area contributed by atoms with Crippen LogP contribution in [0.15, 0.2) is 64.6 Å². The minimum absolute atomic E-state index is 0.880. The summed E-state index contributed by atoms with van der Waals surface area (Å²) in [5.74, 6) is 4.06. The zero-order valence-electron chi connectivity index (χ0n) is 33.4. The number of benzene rings is 1. The van der Waals surface area contributed by atoms with E-state index in [4.69, 9.17) is 5.41 Å². The topological polar surface area (TPSA) is 23.9 Å². The first-order valence-corrected chi connectivity index (χ1v) is 17.1. The minimum atomic E-state index is 0.880. The minimum Gasteiger partial charge on any atom is -0.317 e. The van der Waals surface area contributed by atoms with Gasteiger partial charge in [-0.3, -0.25) is 0 Å². The van der Waals surface area contributed by atoms with Crippen LogP contribution >= 0.6 is 12.6 Å². The van der Waals surface area contributed by atoms with E-state index >= 15 is 0 Å². The number of terminal acetylenes is 1. The summed E-state index contributed by atoms with van der Waals surface area (Å²) in [5.41, 5.74) is 5.61. The van der Waals surface area contributed by atoms with Crippen LogP contribution in [0.5, 0.6) is 0 Å². The maximum absolute atomic E-state index is 5.50. The molecule has 1 aromatic rings. The second-order valence-electron chi connectivity index (χ2n) is 9.12. The first kappa shape index (κ1) is 64.1. The van der Waals surface area contributed by atoms with E-state index < -0.39 is 0 Å². The van der Waals surface area contributed by atoms with Gasteiger partial charge in [0.05, 0.1) is 0 Å². The number of nitrogens with one attached hydrogen (secondary N) is 1. The number of allylic oxidation sites excluding steroid dienone is 5. The van der Waals surface area contributed by atoms with Crippen LogP contribution < -0.4 is 0 Å². The van der Waals surface area contributed by atoms with Crippen molar-refractivity contribution in [3.05, 3.63) is 65.3 Å². The lowest BCUT2D eigenvalue weighted by atomic mass is 9.97. The highest BCUT2D eigenvalue weighted by Crippen LogP contribution is 2.15. The van der Waals surface area contributed by atoms with Gasteiger partial charge in [-0.15, -0.1) is 31.6 Å². The molecule has 0 aliphatic carbocycles. The van der Waals surface area contributed by atoms with Gasteiger partial charge in [-0.25, -0.2) is 0 Å². The van der Waals surface area contributed by atoms with Crippen molar-refractivity contribution >= 4 is 19.3 Å². The molecule has 1 rings (SSSR count). The highest BCUT2D eigenvalue weighted by molar-refractivity contribution is 7.80. The summed E-state index contributed by atoms with van der Waals surface area (Å²) >= 11 is 4.15. The third-order valence-corrected chi connectivity index (χ3v) is 5.05. The van der Waals surface area contributed by atoms with E-state index in [2.05, 4.69) is 133 Å². The smallest absolute Gasteiger partial charge is 0.00426 e. The van der Waals surface area contributed by atoms with Crippen molar-refractivity contribution in [2.45, 2.75) is 169 Å². The molecule has 1 nitrogen and oxygen atoms in total. The Morgan fingerprint density at radius 1 is 0.930 bits per heavy atom. The van der Waals surface area contributed by atoms with E-state index in [0.717, 1.165) is 23.2 Å². The van der Waals surface area contributed by atoms with Gasteiger partial charge < -0.3 is 5.41 Å². The van der Waals surface area contributed by atoms with Gasteiger partial charge in [0, 0.05) is 4.90 Å². The number of hydrogen-bond acceptors (Lipinski definition) is 2. The molecule has 2 heteroatoms. The quantitative estimate of drug-likeness (QED) is 0.107. The molecule has 0 aliphatic rings. The summed E-state index contributed by atoms with van der Waals surface area (Å²) in [7, 11) is 0. The van der Waals surface area contributed by atoms with E-state index in [-0.39, 0.29) is 0 Å². The van der Waals surface area contributed by atoms with Crippen LogP contribution in [0.4, 0.5) is 0 Å². The first-order valence-electron chi connectivity index (χ1n) is 16.7. The summed E-state index contributed by atoms with van der Waals surface area (Å²) in [4.78, 5) is 1.03. The number of thiol groups is 1. The van der Waals surface area contributed by atoms with E-state index in [1.807, 2.05) is 66.7 Å². The molecule has 0 spiro atoms. The molecule has 258 valence electrons. The zero-order chi connectivity index (χ0) is 36.8. The van der Waals surface area contributed by atoms with Gasteiger partial charge in [0.15, 0.2) is 0 Å². The monoisotopic (exact) mass is 622 g/mol. The summed E-state index contributed by atoms with van der Waals surface area (Å²) in [5, 5.41) is 5.50. The predicted octanol–water partition coefficient (Wildman–Crippen LogP) is 15.7. The van der Waals surface area contributed by atoms with Gasteiger partial charge in [0.2, 0.25) is 0 Å². The van der Waals surface area contributed by atoms with Gasteiger partial charge in [-0.05, 0) is 97.6 Å². The van der Waals surface area contributed by atoms with Gasteiger partial charge in [0.25, 0.3) is 0 Å². The standard InChI is InChI=1S/C10H18.C8H18.C7H8S.C3H8.C3H6.C3H4.3C2H6.CH3N/c1-6-8(3)10(5)9(4)7-2;1-5-8(4)6-7(2)3;1-6-3-2-4-7(8)5-6;3*1-3-2;4*1-2/h6H,7H2,1-5H3;7-8H,5-6H2,1-4H3;2-5,8H,1H3;3H2,1-2H3;3H,1H2,2H3;1H,2H3;3*1-2H3;2H,1H2/b8-6-,10-9-;;;;;;;;;. The molecule has 0 aromatic heterocycles. The predicted molar refractivity (Wildman–Crippen MR) is 216 cm³/mol.